The van der Waals surface area contributed by atoms with Crippen LogP contribution in [0.1, 0.15) is 57.1 Å². The van der Waals surface area contributed by atoms with Crippen molar-refractivity contribution in [2.24, 2.45) is 23.5 Å². The van der Waals surface area contributed by atoms with Crippen molar-refractivity contribution in [3.05, 3.63) is 35.4 Å². The summed E-state index contributed by atoms with van der Waals surface area (Å²) in [6.07, 6.45) is 5.62. The summed E-state index contributed by atoms with van der Waals surface area (Å²) in [6.45, 7) is 1.89. The Balaban J connectivity index is 0.00000225. The summed E-state index contributed by atoms with van der Waals surface area (Å²) in [4.78, 5) is 12.7. The van der Waals surface area contributed by atoms with Crippen LogP contribution in [0.15, 0.2) is 18.2 Å². The minimum absolute atomic E-state index is 0. The highest BCUT2D eigenvalue weighted by molar-refractivity contribution is 5.85. The van der Waals surface area contributed by atoms with Crippen LogP contribution in [0, 0.1) is 29.4 Å². The van der Waals surface area contributed by atoms with Gasteiger partial charge in [0.15, 0.2) is 0 Å². The minimum atomic E-state index is -0.607. The predicted octanol–water partition coefficient (Wildman–Crippen LogP) is 4.11. The van der Waals surface area contributed by atoms with Crippen molar-refractivity contribution < 1.29 is 13.6 Å². The Hall–Kier alpha value is -1.20. The molecule has 0 aromatic heterocycles. The zero-order valence-electron chi connectivity index (χ0n) is 14.5. The van der Waals surface area contributed by atoms with Crippen molar-refractivity contribution in [2.75, 3.05) is 0 Å². The third-order valence-corrected chi connectivity index (χ3v) is 5.85. The van der Waals surface area contributed by atoms with Crippen molar-refractivity contribution >= 4 is 18.3 Å². The molecule has 2 aliphatic rings. The van der Waals surface area contributed by atoms with Crippen LogP contribution >= 0.6 is 12.4 Å². The molecule has 2 fully saturated rings. The Bertz CT molecular complexity index is 599. The maximum absolute atomic E-state index is 14.0. The third kappa shape index (κ3) is 4.32. The van der Waals surface area contributed by atoms with E-state index in [2.05, 4.69) is 5.32 Å². The number of nitrogens with one attached hydrogen (secondary N) is 1. The molecule has 2 aliphatic carbocycles. The van der Waals surface area contributed by atoms with E-state index in [4.69, 9.17) is 5.73 Å². The lowest BCUT2D eigenvalue weighted by Gasteiger charge is -2.43. The molecule has 3 unspecified atom stereocenters. The highest BCUT2D eigenvalue weighted by Gasteiger charge is 2.40. The Morgan fingerprint density at radius 1 is 1.28 bits per heavy atom. The van der Waals surface area contributed by atoms with Gasteiger partial charge in [-0.3, -0.25) is 4.79 Å². The van der Waals surface area contributed by atoms with Gasteiger partial charge in [0.2, 0.25) is 5.91 Å². The molecule has 2 bridgehead atoms. The van der Waals surface area contributed by atoms with Crippen molar-refractivity contribution in [1.29, 1.82) is 0 Å². The van der Waals surface area contributed by atoms with E-state index in [1.165, 1.54) is 18.6 Å². The Morgan fingerprint density at radius 2 is 1.92 bits per heavy atom. The molecule has 6 heteroatoms. The van der Waals surface area contributed by atoms with Gasteiger partial charge in [-0.05, 0) is 50.0 Å². The van der Waals surface area contributed by atoms with Gasteiger partial charge in [-0.2, -0.15) is 0 Å². The van der Waals surface area contributed by atoms with Crippen LogP contribution < -0.4 is 11.1 Å². The average Bonchev–Trinajstić information content (AvgIpc) is 2.52. The van der Waals surface area contributed by atoms with Crippen LogP contribution in [0.25, 0.3) is 0 Å². The summed E-state index contributed by atoms with van der Waals surface area (Å²) in [5.74, 6) is -0.421. The number of nitrogens with two attached hydrogens (primary N) is 1. The first-order valence-electron chi connectivity index (χ1n) is 9.00. The molecular weight excluding hydrogens is 346 g/mol. The van der Waals surface area contributed by atoms with E-state index in [0.717, 1.165) is 31.7 Å². The largest absolute Gasteiger partial charge is 0.349 e. The normalized spacial score (nSPS) is 29.4. The summed E-state index contributed by atoms with van der Waals surface area (Å²) in [5, 5.41) is 2.97. The molecule has 0 saturated heterocycles. The van der Waals surface area contributed by atoms with E-state index in [1.807, 2.05) is 6.92 Å². The monoisotopic (exact) mass is 372 g/mol. The molecule has 0 radical (unpaired) electrons. The van der Waals surface area contributed by atoms with Crippen LogP contribution in [0.5, 0.6) is 0 Å². The maximum Gasteiger partial charge on any atom is 0.223 e. The highest BCUT2D eigenvalue weighted by atomic mass is 35.5. The van der Waals surface area contributed by atoms with E-state index in [0.29, 0.717) is 23.8 Å². The maximum atomic E-state index is 14.0. The standard InChI is InChI=1S/C19H26F2N2O.ClH/c1-2-17(15-7-6-14(20)10-16(15)21)23-19(24)13-8-11-4-3-5-12(9-13)18(11)22;/h6-7,10-13,17-18H,2-5,8-9,22H2,1H3,(H,23,24);1H. The summed E-state index contributed by atoms with van der Waals surface area (Å²) < 4.78 is 27.1. The number of benzene rings is 1. The van der Waals surface area contributed by atoms with E-state index in [9.17, 15) is 13.6 Å². The summed E-state index contributed by atoms with van der Waals surface area (Å²) in [6, 6.07) is 3.32. The first-order valence-corrected chi connectivity index (χ1v) is 9.00. The number of hydrogen-bond donors (Lipinski definition) is 2. The molecule has 2 saturated carbocycles. The van der Waals surface area contributed by atoms with Crippen LogP contribution in [-0.2, 0) is 4.79 Å². The number of hydrogen-bond acceptors (Lipinski definition) is 2. The molecule has 140 valence electrons. The fraction of sp³-hybridized carbons (Fsp3) is 0.632. The predicted molar refractivity (Wildman–Crippen MR) is 96.3 cm³/mol. The molecule has 1 amide bonds. The van der Waals surface area contributed by atoms with Crippen LogP contribution in [0.2, 0.25) is 0 Å². The first kappa shape index (κ1) is 20.1. The molecular formula is C19H27ClF2N2O. The van der Waals surface area contributed by atoms with Crippen molar-refractivity contribution in [3.8, 4) is 0 Å². The molecule has 3 atom stereocenters. The van der Waals surface area contributed by atoms with Crippen LogP contribution in [-0.4, -0.2) is 11.9 Å². The molecule has 1 aromatic rings. The number of carbonyl (C=O) groups is 1. The molecule has 3 N–H and O–H groups in total. The van der Waals surface area contributed by atoms with Gasteiger partial charge in [0, 0.05) is 23.6 Å². The number of rotatable bonds is 4. The molecule has 0 spiro atoms. The molecule has 3 rings (SSSR count). The topological polar surface area (TPSA) is 55.1 Å². The molecule has 1 aromatic carbocycles. The van der Waals surface area contributed by atoms with Gasteiger partial charge in [0.05, 0.1) is 6.04 Å². The Labute approximate surface area is 154 Å². The molecule has 25 heavy (non-hydrogen) atoms. The zero-order chi connectivity index (χ0) is 17.3. The minimum Gasteiger partial charge on any atom is -0.349 e. The summed E-state index contributed by atoms with van der Waals surface area (Å²) >= 11 is 0. The third-order valence-electron chi connectivity index (χ3n) is 5.85. The average molecular weight is 373 g/mol. The van der Waals surface area contributed by atoms with E-state index >= 15 is 0 Å². The van der Waals surface area contributed by atoms with Gasteiger partial charge in [-0.25, -0.2) is 8.78 Å². The second-order valence-electron chi connectivity index (χ2n) is 7.33. The second kappa shape index (κ2) is 8.45. The molecule has 0 heterocycles. The van der Waals surface area contributed by atoms with Gasteiger partial charge >= 0.3 is 0 Å². The second-order valence-corrected chi connectivity index (χ2v) is 7.33. The van der Waals surface area contributed by atoms with Gasteiger partial charge in [-0.1, -0.05) is 19.4 Å². The van der Waals surface area contributed by atoms with E-state index < -0.39 is 17.7 Å². The fourth-order valence-electron chi connectivity index (χ4n) is 4.48. The highest BCUT2D eigenvalue weighted by Crippen LogP contribution is 2.42. The van der Waals surface area contributed by atoms with E-state index in [1.54, 1.807) is 0 Å². The SMILES string of the molecule is CCC(NC(=O)C1CC2CCCC(C1)C2N)c1ccc(F)cc1F.Cl. The first-order chi connectivity index (χ1) is 11.5. The Morgan fingerprint density at radius 3 is 2.48 bits per heavy atom. The van der Waals surface area contributed by atoms with Gasteiger partial charge in [0.25, 0.3) is 0 Å². The Kier molecular flexibility index (Phi) is 6.80. The summed E-state index contributed by atoms with van der Waals surface area (Å²) in [7, 11) is 0. The molecule has 3 nitrogen and oxygen atoms in total. The van der Waals surface area contributed by atoms with Gasteiger partial charge in [0.1, 0.15) is 11.6 Å². The zero-order valence-corrected chi connectivity index (χ0v) is 15.3. The number of fused-ring (bicyclic) bond motifs is 2. The number of carbonyl (C=O) groups excluding carboxylic acids is 1. The number of halogens is 3. The number of amides is 1. The lowest BCUT2D eigenvalue weighted by Crippen LogP contribution is -2.49. The van der Waals surface area contributed by atoms with Crippen LogP contribution in [0.3, 0.4) is 0 Å². The van der Waals surface area contributed by atoms with Crippen molar-refractivity contribution in [1.82, 2.24) is 5.32 Å². The van der Waals surface area contributed by atoms with Crippen LogP contribution in [0.4, 0.5) is 8.78 Å². The lowest BCUT2D eigenvalue weighted by molar-refractivity contribution is -0.128. The lowest BCUT2D eigenvalue weighted by atomic mass is 9.65. The van der Waals surface area contributed by atoms with E-state index in [-0.39, 0.29) is 30.3 Å². The van der Waals surface area contributed by atoms with Gasteiger partial charge in [-0.15, -0.1) is 12.4 Å². The van der Waals surface area contributed by atoms with Gasteiger partial charge < -0.3 is 11.1 Å². The van der Waals surface area contributed by atoms with Crippen molar-refractivity contribution in [3.63, 3.8) is 0 Å². The van der Waals surface area contributed by atoms with Crippen molar-refractivity contribution in [2.45, 2.75) is 57.5 Å². The quantitative estimate of drug-likeness (QED) is 0.835. The fourth-order valence-corrected chi connectivity index (χ4v) is 4.48. The summed E-state index contributed by atoms with van der Waals surface area (Å²) in [5.41, 5.74) is 6.63. The molecule has 0 aliphatic heterocycles. The smallest absolute Gasteiger partial charge is 0.223 e.